The molecule has 0 aromatic heterocycles. The van der Waals surface area contributed by atoms with E-state index in [9.17, 15) is 28.0 Å². The van der Waals surface area contributed by atoms with Crippen LogP contribution in [0.3, 0.4) is 0 Å². The van der Waals surface area contributed by atoms with Crippen molar-refractivity contribution in [2.45, 2.75) is 16.1 Å². The molecule has 128 valence electrons. The summed E-state index contributed by atoms with van der Waals surface area (Å²) in [5.74, 6) is -3.34. The molecule has 0 spiro atoms. The summed E-state index contributed by atoms with van der Waals surface area (Å²) in [5, 5.41) is 17.8. The van der Waals surface area contributed by atoms with Gasteiger partial charge in [-0.25, -0.2) is 12.8 Å². The molecule has 0 amide bonds. The fraction of sp³-hybridized carbons (Fsp3) is 0.176. The van der Waals surface area contributed by atoms with Gasteiger partial charge in [0.2, 0.25) is 0 Å². The third-order valence-corrected chi connectivity index (χ3v) is 6.85. The third kappa shape index (κ3) is 2.58. The van der Waals surface area contributed by atoms with Crippen LogP contribution in [0.5, 0.6) is 0 Å². The van der Waals surface area contributed by atoms with Crippen molar-refractivity contribution in [3.05, 3.63) is 64.9 Å². The van der Waals surface area contributed by atoms with Crippen molar-refractivity contribution in [1.82, 2.24) is 0 Å². The lowest BCUT2D eigenvalue weighted by molar-refractivity contribution is -0.141. The molecule has 1 saturated carbocycles. The summed E-state index contributed by atoms with van der Waals surface area (Å²) in [6, 6.07) is 11.8. The van der Waals surface area contributed by atoms with E-state index < -0.39 is 38.2 Å². The number of carboxylic acid groups (broad SMARTS) is 1. The number of nitriles is 1. The van der Waals surface area contributed by atoms with Crippen LogP contribution in [0.2, 0.25) is 5.02 Å². The van der Waals surface area contributed by atoms with Crippen molar-refractivity contribution < 1.29 is 22.7 Å². The summed E-state index contributed by atoms with van der Waals surface area (Å²) < 4.78 is 39.3. The second-order valence-corrected chi connectivity index (χ2v) is 8.24. The molecular formula is C17H11ClFNO4S. The minimum atomic E-state index is -4.14. The number of carboxylic acids is 1. The van der Waals surface area contributed by atoms with Crippen LogP contribution in [0.4, 0.5) is 4.39 Å². The molecule has 25 heavy (non-hydrogen) atoms. The number of nitrogens with zero attached hydrogens (tertiary/aromatic N) is 1. The van der Waals surface area contributed by atoms with Crippen LogP contribution >= 0.6 is 11.6 Å². The van der Waals surface area contributed by atoms with Gasteiger partial charge in [0, 0.05) is 10.9 Å². The number of benzene rings is 2. The molecule has 1 fully saturated rings. The maximum atomic E-state index is 13.5. The zero-order valence-electron chi connectivity index (χ0n) is 12.6. The van der Waals surface area contributed by atoms with Crippen molar-refractivity contribution in [2.24, 2.45) is 5.41 Å². The van der Waals surface area contributed by atoms with Crippen LogP contribution in [0.25, 0.3) is 0 Å². The van der Waals surface area contributed by atoms with E-state index in [1.165, 1.54) is 36.4 Å². The van der Waals surface area contributed by atoms with E-state index >= 15 is 0 Å². The first-order chi connectivity index (χ1) is 11.7. The molecule has 1 N–H and O–H groups in total. The molecule has 0 saturated heterocycles. The molecule has 0 aliphatic heterocycles. The van der Waals surface area contributed by atoms with E-state index in [1.807, 2.05) is 0 Å². The van der Waals surface area contributed by atoms with E-state index in [2.05, 4.69) is 0 Å². The first-order valence-corrected chi connectivity index (χ1v) is 9.07. The van der Waals surface area contributed by atoms with Crippen molar-refractivity contribution >= 4 is 27.4 Å². The predicted molar refractivity (Wildman–Crippen MR) is 87.2 cm³/mol. The van der Waals surface area contributed by atoms with Gasteiger partial charge >= 0.3 is 5.97 Å². The molecule has 1 aliphatic rings. The normalized spacial score (nSPS) is 25.2. The minimum absolute atomic E-state index is 0.137. The Morgan fingerprint density at radius 3 is 2.40 bits per heavy atom. The highest BCUT2D eigenvalue weighted by atomic mass is 35.5. The Morgan fingerprint density at radius 2 is 1.88 bits per heavy atom. The highest BCUT2D eigenvalue weighted by Crippen LogP contribution is 2.64. The summed E-state index contributed by atoms with van der Waals surface area (Å²) in [6.07, 6.45) is 0. The molecule has 5 nitrogen and oxygen atoms in total. The summed E-state index contributed by atoms with van der Waals surface area (Å²) >= 11 is 5.75. The van der Waals surface area contributed by atoms with E-state index in [1.54, 1.807) is 6.07 Å². The maximum Gasteiger partial charge on any atom is 0.326 e. The molecule has 2 aromatic carbocycles. The second kappa shape index (κ2) is 5.83. The third-order valence-electron chi connectivity index (χ3n) is 4.36. The molecule has 0 bridgehead atoms. The van der Waals surface area contributed by atoms with Crippen LogP contribution in [0, 0.1) is 22.6 Å². The lowest BCUT2D eigenvalue weighted by atomic mass is 10.0. The van der Waals surface area contributed by atoms with Gasteiger partial charge in [0.25, 0.3) is 0 Å². The van der Waals surface area contributed by atoms with E-state index in [0.29, 0.717) is 5.02 Å². The molecule has 0 heterocycles. The molecular weight excluding hydrogens is 369 g/mol. The number of hydrogen-bond donors (Lipinski definition) is 1. The van der Waals surface area contributed by atoms with Crippen LogP contribution in [0.15, 0.2) is 53.4 Å². The van der Waals surface area contributed by atoms with Gasteiger partial charge < -0.3 is 5.11 Å². The van der Waals surface area contributed by atoms with Crippen molar-refractivity contribution in [1.29, 1.82) is 5.26 Å². The zero-order chi connectivity index (χ0) is 18.4. The average Bonchev–Trinajstić information content (AvgIpc) is 3.27. The standard InChI is InChI=1S/C17H11ClFNO4S/c18-11-4-6-13(7-5-11)25(23,24)15-14(17(15,9-20)16(21)22)10-2-1-3-12(19)8-10/h1-8,14-15H,(H,21,22). The zero-order valence-corrected chi connectivity index (χ0v) is 14.1. The fourth-order valence-electron chi connectivity index (χ4n) is 3.12. The smallest absolute Gasteiger partial charge is 0.326 e. The van der Waals surface area contributed by atoms with Crippen LogP contribution in [0.1, 0.15) is 11.5 Å². The van der Waals surface area contributed by atoms with Crippen molar-refractivity contribution in [2.75, 3.05) is 0 Å². The molecule has 3 rings (SSSR count). The van der Waals surface area contributed by atoms with E-state index in [-0.39, 0.29) is 10.5 Å². The molecule has 2 aromatic rings. The molecule has 8 heteroatoms. The van der Waals surface area contributed by atoms with Crippen LogP contribution < -0.4 is 0 Å². The lowest BCUT2D eigenvalue weighted by Crippen LogP contribution is -2.22. The number of halogens is 2. The predicted octanol–water partition coefficient (Wildman–Crippen LogP) is 3.01. The highest BCUT2D eigenvalue weighted by molar-refractivity contribution is 7.92. The first kappa shape index (κ1) is 17.4. The molecule has 1 aliphatic carbocycles. The Hall–Kier alpha value is -2.43. The van der Waals surface area contributed by atoms with Gasteiger partial charge in [0.15, 0.2) is 15.3 Å². The van der Waals surface area contributed by atoms with Gasteiger partial charge in [-0.2, -0.15) is 5.26 Å². The topological polar surface area (TPSA) is 95.2 Å². The molecule has 3 unspecified atom stereocenters. The number of aliphatic carboxylic acids is 1. The van der Waals surface area contributed by atoms with Gasteiger partial charge in [-0.15, -0.1) is 0 Å². The fourth-order valence-corrected chi connectivity index (χ4v) is 5.50. The van der Waals surface area contributed by atoms with Crippen molar-refractivity contribution in [3.63, 3.8) is 0 Å². The van der Waals surface area contributed by atoms with Crippen molar-refractivity contribution in [3.8, 4) is 6.07 Å². The second-order valence-electron chi connectivity index (χ2n) is 5.74. The van der Waals surface area contributed by atoms with Gasteiger partial charge in [-0.1, -0.05) is 23.7 Å². The quantitative estimate of drug-likeness (QED) is 0.880. The number of rotatable bonds is 4. The molecule has 3 atom stereocenters. The van der Waals surface area contributed by atoms with E-state index in [0.717, 1.165) is 12.1 Å². The Morgan fingerprint density at radius 1 is 1.24 bits per heavy atom. The lowest BCUT2D eigenvalue weighted by Gasteiger charge is -2.05. The minimum Gasteiger partial charge on any atom is -0.480 e. The Kier molecular flexibility index (Phi) is 4.06. The summed E-state index contributed by atoms with van der Waals surface area (Å²) in [6.45, 7) is 0. The molecule has 0 radical (unpaired) electrons. The Balaban J connectivity index is 2.14. The van der Waals surface area contributed by atoms with Gasteiger partial charge in [0.05, 0.1) is 11.0 Å². The van der Waals surface area contributed by atoms with Gasteiger partial charge in [-0.05, 0) is 42.0 Å². The highest BCUT2D eigenvalue weighted by Gasteiger charge is 2.77. The summed E-state index contributed by atoms with van der Waals surface area (Å²) in [7, 11) is -4.14. The van der Waals surface area contributed by atoms with Crippen LogP contribution in [-0.4, -0.2) is 24.7 Å². The SMILES string of the molecule is N#CC1(C(=O)O)C(c2cccc(F)c2)C1S(=O)(=O)c1ccc(Cl)cc1. The van der Waals surface area contributed by atoms with Gasteiger partial charge in [-0.3, -0.25) is 4.79 Å². The van der Waals surface area contributed by atoms with E-state index in [4.69, 9.17) is 11.6 Å². The van der Waals surface area contributed by atoms with Crippen LogP contribution in [-0.2, 0) is 14.6 Å². The van der Waals surface area contributed by atoms with Gasteiger partial charge in [0.1, 0.15) is 11.1 Å². The number of hydrogen-bond acceptors (Lipinski definition) is 4. The Labute approximate surface area is 148 Å². The summed E-state index contributed by atoms with van der Waals surface area (Å²) in [5.41, 5.74) is -2.00. The average molecular weight is 380 g/mol. The largest absolute Gasteiger partial charge is 0.480 e. The number of sulfone groups is 1. The monoisotopic (exact) mass is 379 g/mol. The first-order valence-electron chi connectivity index (χ1n) is 7.14. The number of carbonyl (C=O) groups is 1. The maximum absolute atomic E-state index is 13.5. The Bertz CT molecular complexity index is 1000. The summed E-state index contributed by atoms with van der Waals surface area (Å²) in [4.78, 5) is 11.6.